The van der Waals surface area contributed by atoms with Crippen molar-refractivity contribution in [3.05, 3.63) is 95.9 Å². The van der Waals surface area contributed by atoms with Crippen LogP contribution in [0.15, 0.2) is 84.6 Å². The van der Waals surface area contributed by atoms with E-state index in [1.807, 2.05) is 24.3 Å². The van der Waals surface area contributed by atoms with Crippen LogP contribution >= 0.6 is 0 Å². The van der Waals surface area contributed by atoms with Crippen molar-refractivity contribution in [1.82, 2.24) is 30.2 Å². The normalized spacial score (nSPS) is 17.1. The van der Waals surface area contributed by atoms with Gasteiger partial charge in [-0.15, -0.1) is 0 Å². The number of benzene rings is 1. The van der Waals surface area contributed by atoms with Crippen molar-refractivity contribution in [2.24, 2.45) is 0 Å². The van der Waals surface area contributed by atoms with E-state index in [2.05, 4.69) is 75.7 Å². The Kier molecular flexibility index (Phi) is 5.93. The Hall–Kier alpha value is -4.07. The summed E-state index contributed by atoms with van der Waals surface area (Å²) < 4.78 is 2.08. The lowest BCUT2D eigenvalue weighted by Crippen LogP contribution is -2.39. The van der Waals surface area contributed by atoms with Crippen LogP contribution in [0.5, 0.6) is 0 Å². The van der Waals surface area contributed by atoms with Crippen LogP contribution in [0, 0.1) is 0 Å². The summed E-state index contributed by atoms with van der Waals surface area (Å²) in [4.78, 5) is 14.3. The predicted octanol–water partition coefficient (Wildman–Crippen LogP) is 4.42. The van der Waals surface area contributed by atoms with Crippen LogP contribution in [0.4, 0.5) is 5.82 Å². The number of nitrogens with two attached hydrogens (primary N) is 1. The van der Waals surface area contributed by atoms with Crippen molar-refractivity contribution < 1.29 is 0 Å². The van der Waals surface area contributed by atoms with E-state index >= 15 is 0 Å². The Morgan fingerprint density at radius 3 is 2.69 bits per heavy atom. The Bertz CT molecular complexity index is 1510. The number of anilines is 1. The van der Waals surface area contributed by atoms with Crippen LogP contribution in [-0.4, -0.2) is 38.7 Å². The number of imidazole rings is 1. The van der Waals surface area contributed by atoms with Gasteiger partial charge in [0.1, 0.15) is 11.3 Å². The molecule has 1 unspecified atom stereocenters. The van der Waals surface area contributed by atoms with Gasteiger partial charge in [-0.2, -0.15) is 0 Å². The number of allylic oxidation sites excluding steroid dienone is 4. The van der Waals surface area contributed by atoms with Crippen LogP contribution in [-0.2, 0) is 6.54 Å². The average molecular weight is 476 g/mol. The van der Waals surface area contributed by atoms with Crippen LogP contribution < -0.4 is 16.4 Å². The van der Waals surface area contributed by atoms with E-state index < -0.39 is 0 Å². The van der Waals surface area contributed by atoms with Gasteiger partial charge in [0.2, 0.25) is 0 Å². The molecule has 4 heterocycles. The highest BCUT2D eigenvalue weighted by atomic mass is 15.1. The first-order valence-corrected chi connectivity index (χ1v) is 12.4. The molecule has 0 radical (unpaired) electrons. The van der Waals surface area contributed by atoms with Crippen molar-refractivity contribution in [1.29, 1.82) is 0 Å². The Labute approximate surface area is 210 Å². The van der Waals surface area contributed by atoms with E-state index in [1.165, 1.54) is 11.1 Å². The second kappa shape index (κ2) is 9.53. The minimum atomic E-state index is 0.349. The molecule has 3 aromatic heterocycles. The quantitative estimate of drug-likeness (QED) is 0.343. The van der Waals surface area contributed by atoms with Crippen molar-refractivity contribution in [3.63, 3.8) is 0 Å². The number of fused-ring (bicyclic) bond motifs is 1. The molecule has 4 aromatic rings. The van der Waals surface area contributed by atoms with E-state index in [1.54, 1.807) is 6.20 Å². The maximum atomic E-state index is 6.27. The molecule has 2 aliphatic rings. The highest BCUT2D eigenvalue weighted by molar-refractivity contribution is 5.87. The summed E-state index contributed by atoms with van der Waals surface area (Å²) in [5, 5.41) is 6.97. The summed E-state index contributed by atoms with van der Waals surface area (Å²) >= 11 is 0. The van der Waals surface area contributed by atoms with E-state index in [9.17, 15) is 0 Å². The summed E-state index contributed by atoms with van der Waals surface area (Å²) in [5.41, 5.74) is 14.3. The van der Waals surface area contributed by atoms with Gasteiger partial charge in [-0.3, -0.25) is 4.57 Å². The van der Waals surface area contributed by atoms with Gasteiger partial charge in [-0.1, -0.05) is 31.2 Å². The number of hydrogen-bond donors (Lipinski definition) is 3. The Morgan fingerprint density at radius 1 is 1.08 bits per heavy atom. The fraction of sp³-hybridized carbons (Fsp3) is 0.207. The number of aromatic nitrogens is 4. The molecule has 0 saturated carbocycles. The fourth-order valence-corrected chi connectivity index (χ4v) is 4.66. The molecule has 4 N–H and O–H groups in total. The first-order valence-electron chi connectivity index (χ1n) is 12.4. The molecule has 0 fully saturated rings. The molecule has 1 atom stereocenters. The largest absolute Gasteiger partial charge is 0.383 e. The summed E-state index contributed by atoms with van der Waals surface area (Å²) in [5.74, 6) is 1.18. The zero-order valence-electron chi connectivity index (χ0n) is 20.3. The minimum absolute atomic E-state index is 0.349. The van der Waals surface area contributed by atoms with Crippen LogP contribution in [0.1, 0.15) is 24.6 Å². The number of hydrogen-bond acceptors (Lipinski definition) is 6. The van der Waals surface area contributed by atoms with Gasteiger partial charge < -0.3 is 16.4 Å². The van der Waals surface area contributed by atoms with Gasteiger partial charge in [0.05, 0.1) is 11.3 Å². The van der Waals surface area contributed by atoms with Gasteiger partial charge in [0.15, 0.2) is 11.5 Å². The van der Waals surface area contributed by atoms with Crippen molar-refractivity contribution in [2.75, 3.05) is 18.8 Å². The van der Waals surface area contributed by atoms with E-state index in [-0.39, 0.29) is 0 Å². The summed E-state index contributed by atoms with van der Waals surface area (Å²) in [7, 11) is 0. The lowest BCUT2D eigenvalue weighted by atomic mass is 9.94. The molecule has 7 nitrogen and oxygen atoms in total. The molecule has 1 aromatic carbocycles. The Balaban J connectivity index is 1.39. The van der Waals surface area contributed by atoms with E-state index in [0.717, 1.165) is 65.6 Å². The van der Waals surface area contributed by atoms with Crippen LogP contribution in [0.2, 0.25) is 0 Å². The lowest BCUT2D eigenvalue weighted by molar-refractivity contribution is 0.535. The molecule has 6 rings (SSSR count). The highest BCUT2D eigenvalue weighted by Gasteiger charge is 2.20. The second-order valence-electron chi connectivity index (χ2n) is 9.16. The first-order chi connectivity index (χ1) is 17.7. The van der Waals surface area contributed by atoms with Gasteiger partial charge in [-0.05, 0) is 66.1 Å². The summed E-state index contributed by atoms with van der Waals surface area (Å²) in [6.07, 6.45) is 11.5. The summed E-state index contributed by atoms with van der Waals surface area (Å²) in [6, 6.07) is 16.8. The van der Waals surface area contributed by atoms with Crippen molar-refractivity contribution in [3.8, 4) is 17.1 Å². The molecule has 0 bridgehead atoms. The molecule has 1 aliphatic heterocycles. The van der Waals surface area contributed by atoms with E-state index in [4.69, 9.17) is 15.7 Å². The summed E-state index contributed by atoms with van der Waals surface area (Å²) in [6.45, 7) is 4.85. The zero-order valence-corrected chi connectivity index (χ0v) is 20.3. The fourth-order valence-electron chi connectivity index (χ4n) is 4.66. The molecule has 180 valence electrons. The predicted molar refractivity (Wildman–Crippen MR) is 145 cm³/mol. The molecule has 7 heteroatoms. The maximum Gasteiger partial charge on any atom is 0.165 e. The monoisotopic (exact) mass is 475 g/mol. The Morgan fingerprint density at radius 2 is 1.94 bits per heavy atom. The standard InChI is InChI=1S/C29H29N7/c1-2-19-15-21(16-19)25-11-12-26-29(34-25)36(28(35-26)24-6-4-14-32-27(24)30)23-9-7-20(8-10-23)17-33-22-5-3-13-31-18-22/h3-12,14-16,22,31,33H,2,13,17-18H2,1H3,(H2,30,32). The molecule has 36 heavy (non-hydrogen) atoms. The zero-order chi connectivity index (χ0) is 24.5. The smallest absolute Gasteiger partial charge is 0.165 e. The topological polar surface area (TPSA) is 93.7 Å². The van der Waals surface area contributed by atoms with Crippen molar-refractivity contribution >= 4 is 22.6 Å². The second-order valence-corrected chi connectivity index (χ2v) is 9.16. The van der Waals surface area contributed by atoms with Crippen LogP contribution in [0.25, 0.3) is 33.8 Å². The third-order valence-corrected chi connectivity index (χ3v) is 6.73. The third kappa shape index (κ3) is 4.23. The number of nitrogens with one attached hydrogen (secondary N) is 2. The van der Waals surface area contributed by atoms with E-state index in [0.29, 0.717) is 11.9 Å². The molecular formula is C29H29N7. The van der Waals surface area contributed by atoms with Gasteiger partial charge >= 0.3 is 0 Å². The minimum Gasteiger partial charge on any atom is -0.383 e. The number of rotatable bonds is 7. The van der Waals surface area contributed by atoms with Gasteiger partial charge in [0.25, 0.3) is 0 Å². The SMILES string of the molecule is CCC1=CC(c2ccc3nc(-c4cccnc4N)n(-c4ccc(CNC5C=CCNC5)cc4)c3n2)=C1. The highest BCUT2D eigenvalue weighted by Crippen LogP contribution is 2.33. The third-order valence-electron chi connectivity index (χ3n) is 6.73. The first kappa shape index (κ1) is 22.4. The molecular weight excluding hydrogens is 446 g/mol. The molecule has 0 amide bonds. The van der Waals surface area contributed by atoms with Gasteiger partial charge in [0, 0.05) is 43.1 Å². The molecule has 1 aliphatic carbocycles. The van der Waals surface area contributed by atoms with Gasteiger partial charge in [-0.25, -0.2) is 15.0 Å². The molecule has 0 saturated heterocycles. The molecule has 0 spiro atoms. The number of nitrogen functional groups attached to an aromatic ring is 1. The lowest BCUT2D eigenvalue weighted by Gasteiger charge is -2.19. The maximum absolute atomic E-state index is 6.27. The van der Waals surface area contributed by atoms with Crippen molar-refractivity contribution in [2.45, 2.75) is 25.9 Å². The number of pyridine rings is 2. The van der Waals surface area contributed by atoms with Crippen LogP contribution in [0.3, 0.4) is 0 Å². The average Bonchev–Trinajstić information content (AvgIpc) is 3.27. The number of nitrogens with zero attached hydrogens (tertiary/aromatic N) is 4.